The fourth-order valence-electron chi connectivity index (χ4n) is 5.44. The molecule has 0 aliphatic heterocycles. The average Bonchev–Trinajstić information content (AvgIpc) is 3.70. The van der Waals surface area contributed by atoms with E-state index in [1.807, 2.05) is 60.7 Å². The number of carbonyl (C=O) groups is 1. The molecule has 1 aliphatic rings. The molecule has 8 rings (SSSR count). The van der Waals surface area contributed by atoms with E-state index in [1.165, 1.54) is 0 Å². The summed E-state index contributed by atoms with van der Waals surface area (Å²) in [6.07, 6.45) is 2.58. The van der Waals surface area contributed by atoms with E-state index in [0.29, 0.717) is 6.42 Å². The summed E-state index contributed by atoms with van der Waals surface area (Å²) in [5.41, 5.74) is 5.51. The Hall–Kier alpha value is -4.74. The highest BCUT2D eigenvalue weighted by molar-refractivity contribution is 7.21. The third-order valence-corrected chi connectivity index (χ3v) is 8.29. The number of hydrogen-bond donors (Lipinski definition) is 0. The van der Waals surface area contributed by atoms with Crippen molar-refractivity contribution in [2.45, 2.75) is 6.42 Å². The van der Waals surface area contributed by atoms with Crippen molar-refractivity contribution in [2.24, 2.45) is 0 Å². The van der Waals surface area contributed by atoms with Crippen molar-refractivity contribution in [3.05, 3.63) is 126 Å². The smallest absolute Gasteiger partial charge is 0.189 e. The van der Waals surface area contributed by atoms with Crippen LogP contribution in [-0.4, -0.2) is 15.3 Å². The third kappa shape index (κ3) is 3.29. The molecule has 0 saturated carbocycles. The van der Waals surface area contributed by atoms with E-state index in [9.17, 15) is 4.79 Å². The van der Waals surface area contributed by atoms with E-state index in [-0.39, 0.29) is 5.78 Å². The molecule has 0 radical (unpaired) electrons. The second kappa shape index (κ2) is 8.13. The van der Waals surface area contributed by atoms with Crippen LogP contribution in [0.3, 0.4) is 0 Å². The predicted octanol–water partition coefficient (Wildman–Crippen LogP) is 8.48. The summed E-state index contributed by atoms with van der Waals surface area (Å²) in [6, 6.07) is 34.8. The number of benzene rings is 4. The van der Waals surface area contributed by atoms with E-state index >= 15 is 0 Å². The normalized spacial score (nSPS) is 14.3. The first-order chi connectivity index (χ1) is 18.7. The molecule has 1 aliphatic carbocycles. The van der Waals surface area contributed by atoms with Crippen molar-refractivity contribution in [3.63, 3.8) is 0 Å². The van der Waals surface area contributed by atoms with Crippen molar-refractivity contribution in [1.29, 1.82) is 0 Å². The zero-order valence-corrected chi connectivity index (χ0v) is 21.0. The molecule has 4 aromatic carbocycles. The molecule has 0 fully saturated rings. The highest BCUT2D eigenvalue weighted by atomic mass is 32.1. The largest absolute Gasteiger partial charge is 0.455 e. The van der Waals surface area contributed by atoms with Crippen molar-refractivity contribution in [1.82, 2.24) is 9.55 Å². The van der Waals surface area contributed by atoms with Crippen LogP contribution in [0.25, 0.3) is 54.5 Å². The van der Waals surface area contributed by atoms with Gasteiger partial charge >= 0.3 is 0 Å². The van der Waals surface area contributed by atoms with Gasteiger partial charge < -0.3 is 4.42 Å². The molecule has 0 saturated heterocycles. The van der Waals surface area contributed by atoms with Gasteiger partial charge in [0.05, 0.1) is 10.4 Å². The number of fused-ring (bicyclic) bond motifs is 4. The van der Waals surface area contributed by atoms with Crippen LogP contribution in [0.15, 0.2) is 113 Å². The Morgan fingerprint density at radius 1 is 0.816 bits per heavy atom. The summed E-state index contributed by atoms with van der Waals surface area (Å²) in [7, 11) is 0. The summed E-state index contributed by atoms with van der Waals surface area (Å²) >= 11 is 1.60. The molecule has 0 N–H and O–H groups in total. The minimum absolute atomic E-state index is 0.0830. The molecule has 7 aromatic rings. The van der Waals surface area contributed by atoms with Crippen LogP contribution < -0.4 is 0 Å². The topological polar surface area (TPSA) is 48.0 Å². The average molecular weight is 509 g/mol. The Morgan fingerprint density at radius 2 is 1.55 bits per heavy atom. The van der Waals surface area contributed by atoms with Crippen LogP contribution in [0.1, 0.15) is 21.7 Å². The minimum Gasteiger partial charge on any atom is -0.455 e. The lowest BCUT2D eigenvalue weighted by molar-refractivity contribution is 0.104. The molecule has 0 spiro atoms. The number of furan rings is 1. The van der Waals surface area contributed by atoms with Crippen LogP contribution >= 0.6 is 11.3 Å². The monoisotopic (exact) mass is 508 g/mol. The number of aromatic nitrogens is 2. The highest BCUT2D eigenvalue weighted by Crippen LogP contribution is 2.39. The lowest BCUT2D eigenvalue weighted by atomic mass is 10.0. The summed E-state index contributed by atoms with van der Waals surface area (Å²) in [5.74, 6) is 1.68. The van der Waals surface area contributed by atoms with Gasteiger partial charge in [-0.25, -0.2) is 4.98 Å². The van der Waals surface area contributed by atoms with E-state index in [0.717, 1.165) is 70.9 Å². The molecular weight excluding hydrogens is 488 g/mol. The lowest BCUT2D eigenvalue weighted by Gasteiger charge is -2.07. The molecule has 0 atom stereocenters. The van der Waals surface area contributed by atoms with Crippen molar-refractivity contribution in [2.75, 3.05) is 0 Å². The molecule has 38 heavy (non-hydrogen) atoms. The Kier molecular flexibility index (Phi) is 4.57. The molecule has 4 nitrogen and oxygen atoms in total. The Morgan fingerprint density at radius 3 is 2.37 bits per heavy atom. The summed E-state index contributed by atoms with van der Waals surface area (Å²) in [4.78, 5) is 20.4. The fourth-order valence-corrected chi connectivity index (χ4v) is 6.41. The van der Waals surface area contributed by atoms with Gasteiger partial charge in [-0.1, -0.05) is 66.7 Å². The molecule has 0 amide bonds. The molecule has 3 aromatic heterocycles. The zero-order valence-electron chi connectivity index (χ0n) is 20.2. The van der Waals surface area contributed by atoms with Crippen molar-refractivity contribution >= 4 is 55.3 Å². The van der Waals surface area contributed by atoms with Crippen LogP contribution in [0.2, 0.25) is 0 Å². The number of allylic oxidation sites excluding steroid dienone is 1. The number of thiophene rings is 1. The summed E-state index contributed by atoms with van der Waals surface area (Å²) in [6.45, 7) is 0. The first-order valence-electron chi connectivity index (χ1n) is 12.5. The summed E-state index contributed by atoms with van der Waals surface area (Å²) < 4.78 is 8.27. The number of carbonyl (C=O) groups excluding carboxylic acids is 1. The number of Topliss-reactive ketones (excluding diaryl/α,β-unsaturated/α-hetero) is 1. The first kappa shape index (κ1) is 21.4. The highest BCUT2D eigenvalue weighted by Gasteiger charge is 2.27. The molecule has 180 valence electrons. The number of ketones is 1. The Bertz CT molecular complexity index is 2040. The van der Waals surface area contributed by atoms with E-state index in [4.69, 9.17) is 9.40 Å². The number of nitrogens with zero attached hydrogens (tertiary/aromatic N) is 2. The number of rotatable bonds is 3. The molecule has 3 heterocycles. The maximum Gasteiger partial charge on any atom is 0.189 e. The predicted molar refractivity (Wildman–Crippen MR) is 154 cm³/mol. The first-order valence-corrected chi connectivity index (χ1v) is 13.4. The Balaban J connectivity index is 1.26. The van der Waals surface area contributed by atoms with Crippen LogP contribution in [0.4, 0.5) is 0 Å². The van der Waals surface area contributed by atoms with Crippen LogP contribution in [0, 0.1) is 0 Å². The van der Waals surface area contributed by atoms with Gasteiger partial charge in [0.15, 0.2) is 5.78 Å². The van der Waals surface area contributed by atoms with E-state index in [1.54, 1.807) is 11.3 Å². The van der Waals surface area contributed by atoms with Crippen molar-refractivity contribution < 1.29 is 9.21 Å². The lowest BCUT2D eigenvalue weighted by Crippen LogP contribution is -2.00. The van der Waals surface area contributed by atoms with Gasteiger partial charge in [-0.2, -0.15) is 0 Å². The maximum absolute atomic E-state index is 13.5. The van der Waals surface area contributed by atoms with Gasteiger partial charge in [-0.15, -0.1) is 11.3 Å². The molecule has 0 unspecified atom stereocenters. The van der Waals surface area contributed by atoms with Gasteiger partial charge in [0, 0.05) is 28.6 Å². The second-order valence-electron chi connectivity index (χ2n) is 9.62. The van der Waals surface area contributed by atoms with Gasteiger partial charge in [0.2, 0.25) is 0 Å². The standard InChI is InChI=1S/C33H20N2O2S/c36-32-24(15-23-14-20-8-4-5-9-21(20)16-26(23)32)18-31-34-33-27(35(31)25-11-2-1-3-12-25)19-30(38-33)29-17-22-10-6-7-13-28(22)37-29/h1-14,16-19H,15H2/b24-18-. The summed E-state index contributed by atoms with van der Waals surface area (Å²) in [5, 5.41) is 3.33. The molecule has 0 bridgehead atoms. The molecular formula is C33H20N2O2S. The van der Waals surface area contributed by atoms with Crippen LogP contribution in [-0.2, 0) is 6.42 Å². The van der Waals surface area contributed by atoms with Crippen LogP contribution in [0.5, 0.6) is 0 Å². The van der Waals surface area contributed by atoms with E-state index in [2.05, 4.69) is 53.1 Å². The van der Waals surface area contributed by atoms with Gasteiger partial charge in [-0.05, 0) is 58.8 Å². The maximum atomic E-state index is 13.5. The number of para-hydroxylation sites is 2. The fraction of sp³-hybridized carbons (Fsp3) is 0.0303. The SMILES string of the molecule is O=C1/C(=C\c2nc3sc(-c4cc5ccccc5o4)cc3n2-c2ccccc2)Cc2cc3ccccc3cc21. The van der Waals surface area contributed by atoms with Gasteiger partial charge in [-0.3, -0.25) is 9.36 Å². The third-order valence-electron chi connectivity index (χ3n) is 7.25. The van der Waals surface area contributed by atoms with Gasteiger partial charge in [0.1, 0.15) is 22.0 Å². The van der Waals surface area contributed by atoms with Gasteiger partial charge in [0.25, 0.3) is 0 Å². The Labute approximate surface area is 222 Å². The van der Waals surface area contributed by atoms with Crippen molar-refractivity contribution in [3.8, 4) is 16.3 Å². The zero-order chi connectivity index (χ0) is 25.2. The molecule has 5 heteroatoms. The second-order valence-corrected chi connectivity index (χ2v) is 10.7. The number of imidazole rings is 1. The number of hydrogen-bond acceptors (Lipinski definition) is 4. The quantitative estimate of drug-likeness (QED) is 0.225. The van der Waals surface area contributed by atoms with E-state index < -0.39 is 0 Å². The minimum atomic E-state index is 0.0830.